The van der Waals surface area contributed by atoms with E-state index < -0.39 is 0 Å². The number of nitrogens with zero attached hydrogens (tertiary/aromatic N) is 2. The van der Waals surface area contributed by atoms with Crippen LogP contribution in [0.25, 0.3) is 11.4 Å². The van der Waals surface area contributed by atoms with Gasteiger partial charge in [-0.2, -0.15) is 4.98 Å². The van der Waals surface area contributed by atoms with Crippen molar-refractivity contribution >= 4 is 23.2 Å². The van der Waals surface area contributed by atoms with Crippen LogP contribution in [0, 0.1) is 6.92 Å². The third-order valence-corrected chi connectivity index (χ3v) is 3.84. The van der Waals surface area contributed by atoms with Crippen LogP contribution < -0.4 is 10.1 Å². The van der Waals surface area contributed by atoms with Crippen LogP contribution in [-0.4, -0.2) is 23.2 Å². The number of methoxy groups -OCH3 is 1. The van der Waals surface area contributed by atoms with Gasteiger partial charge in [0.25, 0.3) is 0 Å². The number of aromatic nitrogens is 2. The Kier molecular flexibility index (Phi) is 5.00. The van der Waals surface area contributed by atoms with Crippen LogP contribution in [0.4, 0.5) is 5.69 Å². The molecule has 0 atom stereocenters. The summed E-state index contributed by atoms with van der Waals surface area (Å²) >= 11 is 6.11. The molecule has 0 fully saturated rings. The summed E-state index contributed by atoms with van der Waals surface area (Å²) in [7, 11) is 1.60. The van der Waals surface area contributed by atoms with E-state index in [0.29, 0.717) is 16.5 Å². The normalized spacial score (nSPS) is 10.5. The van der Waals surface area contributed by atoms with E-state index in [1.165, 1.54) is 0 Å². The van der Waals surface area contributed by atoms with Crippen molar-refractivity contribution in [2.24, 2.45) is 0 Å². The maximum atomic E-state index is 12.1. The first-order valence-electron chi connectivity index (χ1n) is 7.58. The van der Waals surface area contributed by atoms with Gasteiger partial charge in [0, 0.05) is 5.56 Å². The molecule has 1 N–H and O–H groups in total. The molecule has 128 valence electrons. The molecule has 7 heteroatoms. The highest BCUT2D eigenvalue weighted by atomic mass is 35.5. The van der Waals surface area contributed by atoms with Gasteiger partial charge in [-0.15, -0.1) is 0 Å². The van der Waals surface area contributed by atoms with Gasteiger partial charge in [0.2, 0.25) is 17.6 Å². The Morgan fingerprint density at radius 1 is 1.24 bits per heavy atom. The van der Waals surface area contributed by atoms with E-state index in [0.717, 1.165) is 16.9 Å². The molecule has 0 bridgehead atoms. The number of benzene rings is 2. The Balaban J connectivity index is 1.67. The van der Waals surface area contributed by atoms with Gasteiger partial charge in [-0.3, -0.25) is 4.79 Å². The number of amides is 1. The van der Waals surface area contributed by atoms with Crippen LogP contribution in [0.2, 0.25) is 5.02 Å². The highest BCUT2D eigenvalue weighted by Crippen LogP contribution is 2.23. The van der Waals surface area contributed by atoms with Crippen molar-refractivity contribution in [3.05, 3.63) is 58.9 Å². The molecule has 0 spiro atoms. The Morgan fingerprint density at radius 2 is 2.00 bits per heavy atom. The zero-order valence-corrected chi connectivity index (χ0v) is 14.5. The molecule has 25 heavy (non-hydrogen) atoms. The molecule has 2 aromatic carbocycles. The quantitative estimate of drug-likeness (QED) is 0.749. The predicted octanol–water partition coefficient (Wildman–Crippen LogP) is 3.89. The van der Waals surface area contributed by atoms with E-state index in [1.54, 1.807) is 31.4 Å². The summed E-state index contributed by atoms with van der Waals surface area (Å²) in [5.74, 6) is 1.10. The average molecular weight is 358 g/mol. The molecule has 1 heterocycles. The van der Waals surface area contributed by atoms with Gasteiger partial charge in [0.15, 0.2) is 0 Å². The summed E-state index contributed by atoms with van der Waals surface area (Å²) in [5, 5.41) is 7.12. The number of halogens is 1. The molecule has 3 rings (SSSR count). The molecule has 0 radical (unpaired) electrons. The minimum Gasteiger partial charge on any atom is -0.497 e. The lowest BCUT2D eigenvalue weighted by atomic mass is 10.2. The molecule has 0 aliphatic heterocycles. The SMILES string of the molecule is COc1ccc(-c2noc(CC(=O)Nc3ccc(C)cc3Cl)n2)cc1. The maximum Gasteiger partial charge on any atom is 0.236 e. The highest BCUT2D eigenvalue weighted by Gasteiger charge is 2.14. The van der Waals surface area contributed by atoms with Gasteiger partial charge in [-0.25, -0.2) is 0 Å². The van der Waals surface area contributed by atoms with Crippen LogP contribution in [0.5, 0.6) is 5.75 Å². The number of nitrogens with one attached hydrogen (secondary N) is 1. The van der Waals surface area contributed by atoms with Gasteiger partial charge in [-0.05, 0) is 48.9 Å². The Labute approximate surface area is 149 Å². The molecule has 6 nitrogen and oxygen atoms in total. The maximum absolute atomic E-state index is 12.1. The first-order valence-corrected chi connectivity index (χ1v) is 7.96. The van der Waals surface area contributed by atoms with Crippen molar-refractivity contribution in [2.75, 3.05) is 12.4 Å². The van der Waals surface area contributed by atoms with E-state index in [9.17, 15) is 4.79 Å². The lowest BCUT2D eigenvalue weighted by molar-refractivity contribution is -0.115. The molecule has 1 amide bonds. The smallest absolute Gasteiger partial charge is 0.236 e. The first-order chi connectivity index (χ1) is 12.0. The van der Waals surface area contributed by atoms with Crippen molar-refractivity contribution in [3.8, 4) is 17.1 Å². The molecule has 0 aliphatic carbocycles. The summed E-state index contributed by atoms with van der Waals surface area (Å²) in [5.41, 5.74) is 2.34. The highest BCUT2D eigenvalue weighted by molar-refractivity contribution is 6.33. The number of aryl methyl sites for hydroxylation is 1. The number of carbonyl (C=O) groups excluding carboxylic acids is 1. The second-order valence-corrected chi connectivity index (χ2v) is 5.86. The van der Waals surface area contributed by atoms with E-state index in [2.05, 4.69) is 15.5 Å². The van der Waals surface area contributed by atoms with Crippen molar-refractivity contribution in [1.82, 2.24) is 10.1 Å². The van der Waals surface area contributed by atoms with Gasteiger partial charge in [0.05, 0.1) is 17.8 Å². The van der Waals surface area contributed by atoms with Gasteiger partial charge < -0.3 is 14.6 Å². The van der Waals surface area contributed by atoms with Crippen LogP contribution in [0.3, 0.4) is 0 Å². The van der Waals surface area contributed by atoms with Crippen LogP contribution in [-0.2, 0) is 11.2 Å². The summed E-state index contributed by atoms with van der Waals surface area (Å²) in [6, 6.07) is 12.7. The van der Waals surface area contributed by atoms with Gasteiger partial charge in [0.1, 0.15) is 12.2 Å². The van der Waals surface area contributed by atoms with Crippen LogP contribution >= 0.6 is 11.6 Å². The number of hydrogen-bond acceptors (Lipinski definition) is 5. The molecule has 0 saturated carbocycles. The average Bonchev–Trinajstić information content (AvgIpc) is 3.06. The summed E-state index contributed by atoms with van der Waals surface area (Å²) < 4.78 is 10.3. The Bertz CT molecular complexity index is 891. The lowest BCUT2D eigenvalue weighted by Gasteiger charge is -2.06. The second kappa shape index (κ2) is 7.36. The number of rotatable bonds is 5. The molecule has 0 aliphatic rings. The zero-order chi connectivity index (χ0) is 17.8. The number of hydrogen-bond donors (Lipinski definition) is 1. The molecule has 3 aromatic rings. The van der Waals surface area contributed by atoms with E-state index in [-0.39, 0.29) is 18.2 Å². The van der Waals surface area contributed by atoms with E-state index in [1.807, 2.05) is 25.1 Å². The second-order valence-electron chi connectivity index (χ2n) is 5.45. The standard InChI is InChI=1S/C18H16ClN3O3/c1-11-3-8-15(14(19)9-11)20-16(23)10-17-21-18(22-25-17)12-4-6-13(24-2)7-5-12/h3-9H,10H2,1-2H3,(H,20,23). The predicted molar refractivity (Wildman–Crippen MR) is 94.8 cm³/mol. The zero-order valence-electron chi connectivity index (χ0n) is 13.7. The Morgan fingerprint density at radius 3 is 2.68 bits per heavy atom. The van der Waals surface area contributed by atoms with Crippen LogP contribution in [0.1, 0.15) is 11.5 Å². The largest absolute Gasteiger partial charge is 0.497 e. The molecular weight excluding hydrogens is 342 g/mol. The van der Waals surface area contributed by atoms with Crippen LogP contribution in [0.15, 0.2) is 47.0 Å². The van der Waals surface area contributed by atoms with E-state index >= 15 is 0 Å². The number of anilines is 1. The van der Waals surface area contributed by atoms with Crippen molar-refractivity contribution in [3.63, 3.8) is 0 Å². The summed E-state index contributed by atoms with van der Waals surface area (Å²) in [6.07, 6.45) is -0.0344. The summed E-state index contributed by atoms with van der Waals surface area (Å²) in [4.78, 5) is 16.4. The topological polar surface area (TPSA) is 77.2 Å². The number of ether oxygens (including phenoxy) is 1. The Hall–Kier alpha value is -2.86. The minimum absolute atomic E-state index is 0.0344. The summed E-state index contributed by atoms with van der Waals surface area (Å²) in [6.45, 7) is 1.93. The monoisotopic (exact) mass is 357 g/mol. The minimum atomic E-state index is -0.282. The van der Waals surface area contributed by atoms with Crippen molar-refractivity contribution < 1.29 is 14.1 Å². The number of carbonyl (C=O) groups is 1. The molecule has 0 unspecified atom stereocenters. The fourth-order valence-electron chi connectivity index (χ4n) is 2.24. The van der Waals surface area contributed by atoms with Gasteiger partial charge >= 0.3 is 0 Å². The molecule has 1 aromatic heterocycles. The fourth-order valence-corrected chi connectivity index (χ4v) is 2.52. The first kappa shape index (κ1) is 17.0. The van der Waals surface area contributed by atoms with E-state index in [4.69, 9.17) is 20.9 Å². The van der Waals surface area contributed by atoms with Crippen molar-refractivity contribution in [1.29, 1.82) is 0 Å². The third-order valence-electron chi connectivity index (χ3n) is 3.53. The lowest BCUT2D eigenvalue weighted by Crippen LogP contribution is -2.14. The molecular formula is C18H16ClN3O3. The molecule has 0 saturated heterocycles. The van der Waals surface area contributed by atoms with Crippen molar-refractivity contribution in [2.45, 2.75) is 13.3 Å². The third kappa shape index (κ3) is 4.16. The fraction of sp³-hybridized carbons (Fsp3) is 0.167. The van der Waals surface area contributed by atoms with Gasteiger partial charge in [-0.1, -0.05) is 22.8 Å².